The summed E-state index contributed by atoms with van der Waals surface area (Å²) < 4.78 is 16.5. The fraction of sp³-hybridized carbons (Fsp3) is 0.680. The monoisotopic (exact) mass is 451 g/mol. The van der Waals surface area contributed by atoms with Crippen molar-refractivity contribution in [3.8, 4) is 5.75 Å². The van der Waals surface area contributed by atoms with E-state index in [0.717, 1.165) is 31.2 Å². The van der Waals surface area contributed by atoms with Gasteiger partial charge in [-0.1, -0.05) is 58.1 Å². The molecule has 7 heteroatoms. The van der Waals surface area contributed by atoms with Crippen LogP contribution in [0, 0.1) is 0 Å². The summed E-state index contributed by atoms with van der Waals surface area (Å²) in [5.74, 6) is -0.285. The molecule has 32 heavy (non-hydrogen) atoms. The molecule has 0 heterocycles. The molecule has 0 aliphatic rings. The zero-order valence-electron chi connectivity index (χ0n) is 20.0. The molecule has 1 aromatic carbocycles. The highest BCUT2D eigenvalue weighted by Crippen LogP contribution is 2.15. The van der Waals surface area contributed by atoms with E-state index in [4.69, 9.17) is 14.2 Å². The highest BCUT2D eigenvalue weighted by atomic mass is 16.6. The van der Waals surface area contributed by atoms with Crippen molar-refractivity contribution in [2.75, 3.05) is 32.9 Å². The van der Waals surface area contributed by atoms with E-state index < -0.39 is 12.1 Å². The lowest BCUT2D eigenvalue weighted by Gasteiger charge is -2.22. The van der Waals surface area contributed by atoms with Gasteiger partial charge in [-0.2, -0.15) is 0 Å². The summed E-state index contributed by atoms with van der Waals surface area (Å²) in [5.41, 5.74) is 0.867. The maximum absolute atomic E-state index is 12.4. The lowest BCUT2D eigenvalue weighted by molar-refractivity contribution is -0.149. The third kappa shape index (κ3) is 11.9. The Labute approximate surface area is 193 Å². The molecule has 0 aromatic heterocycles. The zero-order chi connectivity index (χ0) is 23.6. The van der Waals surface area contributed by atoms with E-state index in [2.05, 4.69) is 13.8 Å². The number of hydrogen-bond donors (Lipinski definition) is 1. The van der Waals surface area contributed by atoms with Crippen molar-refractivity contribution in [3.63, 3.8) is 0 Å². The number of carboxylic acids is 1. The molecule has 0 aliphatic carbocycles. The summed E-state index contributed by atoms with van der Waals surface area (Å²) in [7, 11) is 0. The molecule has 0 saturated heterocycles. The van der Waals surface area contributed by atoms with E-state index >= 15 is 0 Å². The van der Waals surface area contributed by atoms with Crippen molar-refractivity contribution in [3.05, 3.63) is 29.8 Å². The van der Waals surface area contributed by atoms with E-state index in [0.29, 0.717) is 45.1 Å². The number of aliphatic carboxylic acids is 1. The summed E-state index contributed by atoms with van der Waals surface area (Å²) in [4.78, 5) is 25.4. The molecule has 0 spiro atoms. The Morgan fingerprint density at radius 3 is 2.22 bits per heavy atom. The summed E-state index contributed by atoms with van der Waals surface area (Å²) in [6.45, 7) is 8.34. The predicted molar refractivity (Wildman–Crippen MR) is 125 cm³/mol. The van der Waals surface area contributed by atoms with Crippen LogP contribution < -0.4 is 4.74 Å². The van der Waals surface area contributed by atoms with Gasteiger partial charge in [0.15, 0.2) is 6.10 Å². The summed E-state index contributed by atoms with van der Waals surface area (Å²) >= 11 is 0. The van der Waals surface area contributed by atoms with Crippen LogP contribution in [0.2, 0.25) is 0 Å². The van der Waals surface area contributed by atoms with Gasteiger partial charge in [0.2, 0.25) is 0 Å². The molecule has 0 radical (unpaired) electrons. The van der Waals surface area contributed by atoms with E-state index in [1.807, 2.05) is 24.3 Å². The van der Waals surface area contributed by atoms with Crippen LogP contribution in [-0.4, -0.2) is 61.1 Å². The zero-order valence-corrected chi connectivity index (χ0v) is 20.0. The first kappa shape index (κ1) is 27.8. The maximum atomic E-state index is 12.4. The quantitative estimate of drug-likeness (QED) is 0.305. The Morgan fingerprint density at radius 2 is 1.59 bits per heavy atom. The van der Waals surface area contributed by atoms with Gasteiger partial charge in [0.25, 0.3) is 0 Å². The Balaban J connectivity index is 2.52. The van der Waals surface area contributed by atoms with Crippen LogP contribution in [0.25, 0.3) is 0 Å². The average Bonchev–Trinajstić information content (AvgIpc) is 2.78. The fourth-order valence-corrected chi connectivity index (χ4v) is 3.22. The molecule has 182 valence electrons. The van der Waals surface area contributed by atoms with Gasteiger partial charge >= 0.3 is 12.1 Å². The molecular weight excluding hydrogens is 410 g/mol. The summed E-state index contributed by atoms with van der Waals surface area (Å²) in [5, 5.41) is 9.21. The standard InChI is InChI=1S/C25H41NO6/c1-4-7-9-10-11-16-26(25(29)32-18-8-5-2)17-19-31-22-14-12-21(13-15-22)20-23(24(27)28)30-6-3/h12-15,23H,4-11,16-20H2,1-3H3,(H,27,28). The highest BCUT2D eigenvalue weighted by Gasteiger charge is 2.18. The third-order valence-corrected chi connectivity index (χ3v) is 5.13. The lowest BCUT2D eigenvalue weighted by Crippen LogP contribution is -2.36. The van der Waals surface area contributed by atoms with Crippen molar-refractivity contribution < 1.29 is 28.9 Å². The molecule has 1 atom stereocenters. The van der Waals surface area contributed by atoms with Crippen molar-refractivity contribution in [2.45, 2.75) is 78.2 Å². The van der Waals surface area contributed by atoms with Gasteiger partial charge in [0, 0.05) is 19.6 Å². The normalized spacial score (nSPS) is 11.7. The van der Waals surface area contributed by atoms with Gasteiger partial charge in [-0.15, -0.1) is 0 Å². The Morgan fingerprint density at radius 1 is 0.906 bits per heavy atom. The SMILES string of the molecule is CCCCCCCN(CCOc1ccc(CC(OCC)C(=O)O)cc1)C(=O)OCCCC. The molecule has 1 amide bonds. The van der Waals surface area contributed by atoms with Crippen LogP contribution in [0.15, 0.2) is 24.3 Å². The van der Waals surface area contributed by atoms with Crippen LogP contribution in [-0.2, 0) is 20.7 Å². The molecule has 1 rings (SSSR count). The number of benzene rings is 1. The number of carboxylic acid groups (broad SMARTS) is 1. The number of amides is 1. The topological polar surface area (TPSA) is 85.3 Å². The molecule has 0 aliphatic heterocycles. The third-order valence-electron chi connectivity index (χ3n) is 5.13. The second kappa shape index (κ2) is 17.3. The Bertz CT molecular complexity index is 634. The van der Waals surface area contributed by atoms with E-state index in [1.165, 1.54) is 19.3 Å². The van der Waals surface area contributed by atoms with Crippen molar-refractivity contribution >= 4 is 12.1 Å². The molecule has 7 nitrogen and oxygen atoms in total. The van der Waals surface area contributed by atoms with Gasteiger partial charge in [-0.3, -0.25) is 0 Å². The average molecular weight is 452 g/mol. The largest absolute Gasteiger partial charge is 0.492 e. The first-order valence-electron chi connectivity index (χ1n) is 12.0. The second-order valence-electron chi connectivity index (χ2n) is 7.85. The number of ether oxygens (including phenoxy) is 3. The number of hydrogen-bond acceptors (Lipinski definition) is 5. The minimum atomic E-state index is -0.965. The Kier molecular flexibility index (Phi) is 15.0. The van der Waals surface area contributed by atoms with Gasteiger partial charge < -0.3 is 24.2 Å². The molecule has 0 bridgehead atoms. The van der Waals surface area contributed by atoms with Crippen LogP contribution >= 0.6 is 0 Å². The highest BCUT2D eigenvalue weighted by molar-refractivity contribution is 5.72. The van der Waals surface area contributed by atoms with Crippen LogP contribution in [0.4, 0.5) is 4.79 Å². The van der Waals surface area contributed by atoms with Gasteiger partial charge in [-0.05, 0) is 37.5 Å². The van der Waals surface area contributed by atoms with Crippen molar-refractivity contribution in [2.24, 2.45) is 0 Å². The minimum Gasteiger partial charge on any atom is -0.492 e. The number of unbranched alkanes of at least 4 members (excludes halogenated alkanes) is 5. The van der Waals surface area contributed by atoms with Crippen LogP contribution in [0.5, 0.6) is 5.75 Å². The van der Waals surface area contributed by atoms with E-state index in [1.54, 1.807) is 11.8 Å². The molecular formula is C25H41NO6. The predicted octanol–water partition coefficient (Wildman–Crippen LogP) is 5.31. The van der Waals surface area contributed by atoms with Gasteiger partial charge in [0.05, 0.1) is 13.2 Å². The molecule has 1 N–H and O–H groups in total. The van der Waals surface area contributed by atoms with Gasteiger partial charge in [-0.25, -0.2) is 9.59 Å². The lowest BCUT2D eigenvalue weighted by atomic mass is 10.1. The Hall–Kier alpha value is -2.28. The summed E-state index contributed by atoms with van der Waals surface area (Å²) in [6, 6.07) is 7.31. The van der Waals surface area contributed by atoms with Crippen LogP contribution in [0.1, 0.15) is 71.3 Å². The number of nitrogens with zero attached hydrogens (tertiary/aromatic N) is 1. The molecule has 1 unspecified atom stereocenters. The smallest absolute Gasteiger partial charge is 0.409 e. The van der Waals surface area contributed by atoms with Crippen molar-refractivity contribution in [1.82, 2.24) is 4.90 Å². The minimum absolute atomic E-state index is 0.275. The molecule has 1 aromatic rings. The number of carbonyl (C=O) groups is 2. The first-order chi connectivity index (χ1) is 15.5. The van der Waals surface area contributed by atoms with Gasteiger partial charge in [0.1, 0.15) is 12.4 Å². The van der Waals surface area contributed by atoms with Crippen LogP contribution in [0.3, 0.4) is 0 Å². The summed E-state index contributed by atoms with van der Waals surface area (Å²) in [6.07, 6.45) is 6.70. The molecule has 0 fully saturated rings. The number of carbonyl (C=O) groups excluding carboxylic acids is 1. The van der Waals surface area contributed by atoms with Crippen molar-refractivity contribution in [1.29, 1.82) is 0 Å². The first-order valence-corrected chi connectivity index (χ1v) is 12.0. The molecule has 0 saturated carbocycles. The number of rotatable bonds is 18. The van der Waals surface area contributed by atoms with E-state index in [-0.39, 0.29) is 6.09 Å². The maximum Gasteiger partial charge on any atom is 0.409 e. The van der Waals surface area contributed by atoms with E-state index in [9.17, 15) is 14.7 Å². The fourth-order valence-electron chi connectivity index (χ4n) is 3.22. The second-order valence-corrected chi connectivity index (χ2v) is 7.85.